The molecule has 1 amide bonds. The van der Waals surface area contributed by atoms with Crippen LogP contribution < -0.4 is 21.7 Å². The monoisotopic (exact) mass is 512 g/mol. The number of nitrogens with one attached hydrogen (secondary N) is 1. The number of carbonyl (C=O) groups excluding carboxylic acids is 1. The quantitative estimate of drug-likeness (QED) is 0.272. The van der Waals surface area contributed by atoms with Gasteiger partial charge in [0.15, 0.2) is 17.0 Å². The van der Waals surface area contributed by atoms with Gasteiger partial charge in [0.1, 0.15) is 6.04 Å². The molecule has 2 aromatic heterocycles. The molecule has 188 valence electrons. The van der Waals surface area contributed by atoms with E-state index in [0.717, 1.165) is 22.9 Å². The van der Waals surface area contributed by atoms with Gasteiger partial charge in [0, 0.05) is 29.2 Å². The van der Waals surface area contributed by atoms with E-state index in [1.807, 2.05) is 6.07 Å². The summed E-state index contributed by atoms with van der Waals surface area (Å²) >= 11 is 1.59. The molecule has 1 unspecified atom stereocenters. The number of carboxylic acids is 2. The number of benzene rings is 1. The number of aromatic nitrogens is 4. The molecule has 0 aliphatic carbocycles. The fraction of sp³-hybridized carbons (Fsp3) is 0.318. The van der Waals surface area contributed by atoms with Crippen LogP contribution in [0.1, 0.15) is 35.3 Å². The molecule has 1 aliphatic rings. The Morgan fingerprint density at radius 2 is 1.97 bits per heavy atom. The van der Waals surface area contributed by atoms with Gasteiger partial charge in [-0.1, -0.05) is 0 Å². The lowest BCUT2D eigenvalue weighted by molar-refractivity contribution is -0.140. The van der Waals surface area contributed by atoms with Gasteiger partial charge in [0.25, 0.3) is 5.91 Å². The number of carboxylic acid groups (broad SMARTS) is 2. The number of carbonyl (C=O) groups is 3. The number of rotatable bonds is 9. The van der Waals surface area contributed by atoms with Crippen LogP contribution in [0.3, 0.4) is 0 Å². The molecule has 0 saturated heterocycles. The normalized spacial score (nSPS) is 13.7. The maximum absolute atomic E-state index is 12.7. The number of aliphatic carboxylic acids is 2. The molecule has 0 radical (unpaired) electrons. The van der Waals surface area contributed by atoms with Gasteiger partial charge >= 0.3 is 11.9 Å². The fourth-order valence-electron chi connectivity index (χ4n) is 3.79. The molecule has 0 saturated carbocycles. The van der Waals surface area contributed by atoms with Gasteiger partial charge in [-0.2, -0.15) is 9.97 Å². The summed E-state index contributed by atoms with van der Waals surface area (Å²) < 4.78 is 0. The predicted molar refractivity (Wildman–Crippen MR) is 133 cm³/mol. The molecule has 3 heterocycles. The van der Waals surface area contributed by atoms with E-state index >= 15 is 0 Å². The van der Waals surface area contributed by atoms with Crippen molar-refractivity contribution < 1.29 is 24.6 Å². The summed E-state index contributed by atoms with van der Waals surface area (Å²) in [4.78, 5) is 54.7. The lowest BCUT2D eigenvalue weighted by atomic mass is 10.1. The topological polar surface area (TPSA) is 211 Å². The zero-order valence-electron chi connectivity index (χ0n) is 19.0. The molecule has 1 atom stereocenters. The number of nitrogens with two attached hydrogens (primary N) is 2. The molecule has 36 heavy (non-hydrogen) atoms. The van der Waals surface area contributed by atoms with Crippen molar-refractivity contribution in [2.24, 2.45) is 0 Å². The highest BCUT2D eigenvalue weighted by Gasteiger charge is 2.24. The highest BCUT2D eigenvalue weighted by molar-refractivity contribution is 7.99. The number of nitrogens with zero attached hydrogens (tertiary/aromatic N) is 5. The number of fused-ring (bicyclic) bond motifs is 2. The number of hydrogen-bond acceptors (Lipinski definition) is 11. The molecule has 0 bridgehead atoms. The van der Waals surface area contributed by atoms with Crippen LogP contribution in [0, 0.1) is 0 Å². The third-order valence-electron chi connectivity index (χ3n) is 5.52. The highest BCUT2D eigenvalue weighted by atomic mass is 32.2. The van der Waals surface area contributed by atoms with E-state index in [0.29, 0.717) is 29.0 Å². The molecule has 4 rings (SSSR count). The number of anilines is 3. The van der Waals surface area contributed by atoms with Crippen molar-refractivity contribution in [1.29, 1.82) is 0 Å². The van der Waals surface area contributed by atoms with Gasteiger partial charge in [-0.05, 0) is 31.0 Å². The maximum atomic E-state index is 12.7. The van der Waals surface area contributed by atoms with E-state index in [-0.39, 0.29) is 31.0 Å². The summed E-state index contributed by atoms with van der Waals surface area (Å²) in [5, 5.41) is 20.6. The number of thioether (sulfide) groups is 1. The van der Waals surface area contributed by atoms with Crippen molar-refractivity contribution in [3.8, 4) is 0 Å². The summed E-state index contributed by atoms with van der Waals surface area (Å²) in [6.07, 6.45) is 1.61. The summed E-state index contributed by atoms with van der Waals surface area (Å²) in [6.45, 7) is 1.18. The van der Waals surface area contributed by atoms with Crippen LogP contribution in [0.5, 0.6) is 0 Å². The third kappa shape index (κ3) is 5.71. The van der Waals surface area contributed by atoms with Crippen LogP contribution in [-0.4, -0.2) is 66.3 Å². The van der Waals surface area contributed by atoms with Gasteiger partial charge in [-0.25, -0.2) is 14.8 Å². The minimum Gasteiger partial charge on any atom is -0.481 e. The lowest BCUT2D eigenvalue weighted by Crippen LogP contribution is -2.40. The standard InChI is InChI=1S/C22H24N8O5S/c23-18-17-19(29-22(24)28-18)25-9-12(26-17)10-30-6-7-36-15-8-11(4-5-14(15)30)20(33)27-13(21(34)35)2-1-3-16(31)32/h4-5,8-9,13H,1-3,6-7,10H2,(H,27,33)(H,31,32)(H,34,35)(H4,23,24,25,28,29). The molecule has 13 nitrogen and oxygen atoms in total. The first kappa shape index (κ1) is 24.9. The molecule has 14 heteroatoms. The van der Waals surface area contributed by atoms with Gasteiger partial charge < -0.3 is 31.9 Å². The second kappa shape index (κ2) is 10.6. The van der Waals surface area contributed by atoms with E-state index in [1.165, 1.54) is 0 Å². The van der Waals surface area contributed by atoms with E-state index < -0.39 is 23.9 Å². The van der Waals surface area contributed by atoms with Crippen LogP contribution >= 0.6 is 11.8 Å². The Kier molecular flexibility index (Phi) is 7.33. The van der Waals surface area contributed by atoms with Gasteiger partial charge in [-0.15, -0.1) is 11.8 Å². The minimum atomic E-state index is -1.21. The largest absolute Gasteiger partial charge is 0.481 e. The smallest absolute Gasteiger partial charge is 0.326 e. The van der Waals surface area contributed by atoms with Gasteiger partial charge in [-0.3, -0.25) is 9.59 Å². The van der Waals surface area contributed by atoms with Gasteiger partial charge in [0.05, 0.1) is 24.1 Å². The Balaban J connectivity index is 1.49. The summed E-state index contributed by atoms with van der Waals surface area (Å²) in [6, 6.07) is 3.99. The van der Waals surface area contributed by atoms with Crippen LogP contribution in [0.25, 0.3) is 11.2 Å². The Labute approximate surface area is 209 Å². The third-order valence-corrected chi connectivity index (χ3v) is 6.55. The molecule has 1 aromatic carbocycles. The second-order valence-corrected chi connectivity index (χ2v) is 9.24. The highest BCUT2D eigenvalue weighted by Crippen LogP contribution is 2.36. The Bertz CT molecular complexity index is 1340. The average Bonchev–Trinajstić information content (AvgIpc) is 2.83. The second-order valence-electron chi connectivity index (χ2n) is 8.10. The molecular weight excluding hydrogens is 488 g/mol. The van der Waals surface area contributed by atoms with Crippen LogP contribution in [0.4, 0.5) is 17.5 Å². The molecule has 0 spiro atoms. The Morgan fingerprint density at radius 1 is 1.17 bits per heavy atom. The minimum absolute atomic E-state index is 0.0236. The maximum Gasteiger partial charge on any atom is 0.326 e. The van der Waals surface area contributed by atoms with E-state index in [4.69, 9.17) is 16.6 Å². The molecule has 7 N–H and O–H groups in total. The van der Waals surface area contributed by atoms with E-state index in [1.54, 1.807) is 30.1 Å². The van der Waals surface area contributed by atoms with Crippen LogP contribution in [0.2, 0.25) is 0 Å². The van der Waals surface area contributed by atoms with Crippen molar-refractivity contribution >= 4 is 58.2 Å². The zero-order chi connectivity index (χ0) is 25.8. The lowest BCUT2D eigenvalue weighted by Gasteiger charge is -2.31. The molecule has 0 fully saturated rings. The van der Waals surface area contributed by atoms with E-state index in [2.05, 4.69) is 30.2 Å². The zero-order valence-corrected chi connectivity index (χ0v) is 19.9. The Hall–Kier alpha value is -4.20. The molecular formula is C22H24N8O5S. The molecule has 1 aliphatic heterocycles. The first-order valence-corrected chi connectivity index (χ1v) is 12.0. The van der Waals surface area contributed by atoms with Crippen LogP contribution in [0.15, 0.2) is 29.3 Å². The number of hydrogen-bond donors (Lipinski definition) is 5. The predicted octanol–water partition coefficient (Wildman–Crippen LogP) is 1.13. The van der Waals surface area contributed by atoms with Crippen molar-refractivity contribution in [1.82, 2.24) is 25.3 Å². The van der Waals surface area contributed by atoms with E-state index in [9.17, 15) is 19.5 Å². The van der Waals surface area contributed by atoms with Crippen molar-refractivity contribution in [2.45, 2.75) is 36.7 Å². The first-order valence-electron chi connectivity index (χ1n) is 11.0. The van der Waals surface area contributed by atoms with Crippen molar-refractivity contribution in [2.75, 3.05) is 28.7 Å². The average molecular weight is 513 g/mol. The summed E-state index contributed by atoms with van der Waals surface area (Å²) in [5.74, 6) is -1.81. The first-order chi connectivity index (χ1) is 17.2. The SMILES string of the molecule is Nc1nc(N)c2nc(CN3CCSc4cc(C(=O)NC(CCCC(=O)O)C(=O)O)ccc43)cnc2n1. The summed E-state index contributed by atoms with van der Waals surface area (Å²) in [5.41, 5.74) is 14.1. The summed E-state index contributed by atoms with van der Waals surface area (Å²) in [7, 11) is 0. The van der Waals surface area contributed by atoms with Crippen LogP contribution in [-0.2, 0) is 16.1 Å². The van der Waals surface area contributed by atoms with Crippen molar-refractivity contribution in [3.63, 3.8) is 0 Å². The fourth-order valence-corrected chi connectivity index (χ4v) is 4.88. The Morgan fingerprint density at radius 3 is 2.72 bits per heavy atom. The van der Waals surface area contributed by atoms with Crippen molar-refractivity contribution in [3.05, 3.63) is 35.7 Å². The number of nitrogen functional groups attached to an aromatic ring is 2. The number of amides is 1. The molecule has 3 aromatic rings. The van der Waals surface area contributed by atoms with Gasteiger partial charge in [0.2, 0.25) is 5.95 Å².